The minimum atomic E-state index is -0.536. The third-order valence-corrected chi connectivity index (χ3v) is 2.45. The van der Waals surface area contributed by atoms with Crippen LogP contribution in [0, 0.1) is 10.1 Å². The number of furan rings is 1. The number of hydrogen-bond acceptors (Lipinski definition) is 5. The van der Waals surface area contributed by atoms with Gasteiger partial charge in [-0.3, -0.25) is 10.1 Å². The van der Waals surface area contributed by atoms with Crippen LogP contribution < -0.4 is 5.32 Å². The summed E-state index contributed by atoms with van der Waals surface area (Å²) in [7, 11) is 4.01. The number of nitro groups is 1. The molecule has 0 radical (unpaired) electrons. The highest BCUT2D eigenvalue weighted by atomic mass is 16.6. The van der Waals surface area contributed by atoms with Gasteiger partial charge < -0.3 is 14.6 Å². The fraction of sp³-hybridized carbons (Fsp3) is 0.600. The summed E-state index contributed by atoms with van der Waals surface area (Å²) in [6, 6.07) is 3.39. The van der Waals surface area contributed by atoms with Crippen molar-refractivity contribution in [1.29, 1.82) is 0 Å². The second-order valence-corrected chi connectivity index (χ2v) is 3.94. The molecule has 6 nitrogen and oxygen atoms in total. The lowest BCUT2D eigenvalue weighted by Gasteiger charge is -2.19. The second kappa shape index (κ2) is 5.62. The number of likely N-dealkylation sites (N-methyl/N-ethyl adjacent to an activating group) is 1. The topological polar surface area (TPSA) is 71.5 Å². The summed E-state index contributed by atoms with van der Waals surface area (Å²) < 4.78 is 5.01. The zero-order chi connectivity index (χ0) is 12.1. The van der Waals surface area contributed by atoms with Crippen LogP contribution in [0.5, 0.6) is 0 Å². The lowest BCUT2D eigenvalue weighted by molar-refractivity contribution is -0.402. The average molecular weight is 227 g/mol. The summed E-state index contributed by atoms with van der Waals surface area (Å²) in [5.41, 5.74) is 0. The fourth-order valence-corrected chi connectivity index (χ4v) is 1.15. The Balaban J connectivity index is 2.35. The van der Waals surface area contributed by atoms with Crippen molar-refractivity contribution in [2.75, 3.05) is 20.6 Å². The summed E-state index contributed by atoms with van der Waals surface area (Å²) in [5.74, 6) is 0.370. The molecular weight excluding hydrogens is 210 g/mol. The Bertz CT molecular complexity index is 349. The van der Waals surface area contributed by atoms with Crippen LogP contribution >= 0.6 is 0 Å². The zero-order valence-electron chi connectivity index (χ0n) is 9.77. The van der Waals surface area contributed by atoms with Crippen molar-refractivity contribution in [3.05, 3.63) is 28.0 Å². The van der Waals surface area contributed by atoms with Crippen molar-refractivity contribution in [2.24, 2.45) is 0 Å². The first-order chi connectivity index (χ1) is 7.50. The SMILES string of the molecule is CC(CNCc1ccc([N+](=O)[O-])o1)N(C)C. The van der Waals surface area contributed by atoms with Crippen molar-refractivity contribution in [3.8, 4) is 0 Å². The van der Waals surface area contributed by atoms with E-state index in [1.54, 1.807) is 6.07 Å². The van der Waals surface area contributed by atoms with Crippen LogP contribution in [0.25, 0.3) is 0 Å². The molecule has 0 saturated heterocycles. The zero-order valence-corrected chi connectivity index (χ0v) is 9.77. The normalized spacial score (nSPS) is 13.0. The number of rotatable bonds is 6. The molecule has 0 aromatic carbocycles. The van der Waals surface area contributed by atoms with Gasteiger partial charge in [-0.25, -0.2) is 0 Å². The van der Waals surface area contributed by atoms with Gasteiger partial charge in [-0.05, 0) is 27.1 Å². The Kier molecular flexibility index (Phi) is 4.45. The highest BCUT2D eigenvalue weighted by Crippen LogP contribution is 2.15. The molecule has 0 saturated carbocycles. The second-order valence-electron chi connectivity index (χ2n) is 3.94. The summed E-state index contributed by atoms with van der Waals surface area (Å²) >= 11 is 0. The van der Waals surface area contributed by atoms with Crippen molar-refractivity contribution >= 4 is 5.88 Å². The van der Waals surface area contributed by atoms with Crippen molar-refractivity contribution in [2.45, 2.75) is 19.5 Å². The van der Waals surface area contributed by atoms with Gasteiger partial charge in [-0.2, -0.15) is 0 Å². The maximum atomic E-state index is 10.4. The monoisotopic (exact) mass is 227 g/mol. The Hall–Kier alpha value is -1.40. The Morgan fingerprint density at radius 3 is 2.75 bits per heavy atom. The quantitative estimate of drug-likeness (QED) is 0.584. The maximum absolute atomic E-state index is 10.4. The third kappa shape index (κ3) is 3.63. The van der Waals surface area contributed by atoms with E-state index in [2.05, 4.69) is 17.1 Å². The van der Waals surface area contributed by atoms with E-state index in [0.29, 0.717) is 18.3 Å². The average Bonchev–Trinajstić information content (AvgIpc) is 2.66. The molecule has 0 amide bonds. The van der Waals surface area contributed by atoms with Gasteiger partial charge in [0.2, 0.25) is 0 Å². The van der Waals surface area contributed by atoms with Crippen LogP contribution in [0.1, 0.15) is 12.7 Å². The summed E-state index contributed by atoms with van der Waals surface area (Å²) in [6.45, 7) is 3.41. The fourth-order valence-electron chi connectivity index (χ4n) is 1.15. The van der Waals surface area contributed by atoms with Gasteiger partial charge in [0.1, 0.15) is 10.7 Å². The van der Waals surface area contributed by atoms with Gasteiger partial charge in [0, 0.05) is 12.6 Å². The van der Waals surface area contributed by atoms with E-state index in [4.69, 9.17) is 4.42 Å². The van der Waals surface area contributed by atoms with E-state index < -0.39 is 4.92 Å². The molecule has 1 rings (SSSR count). The van der Waals surface area contributed by atoms with Crippen LogP contribution in [0.2, 0.25) is 0 Å². The Labute approximate surface area is 94.4 Å². The van der Waals surface area contributed by atoms with E-state index in [1.165, 1.54) is 6.07 Å². The molecule has 0 bridgehead atoms. The van der Waals surface area contributed by atoms with Gasteiger partial charge in [-0.1, -0.05) is 0 Å². The highest BCUT2D eigenvalue weighted by molar-refractivity contribution is 5.17. The molecule has 16 heavy (non-hydrogen) atoms. The predicted molar refractivity (Wildman–Crippen MR) is 60.2 cm³/mol. The van der Waals surface area contributed by atoms with E-state index in [1.807, 2.05) is 14.1 Å². The van der Waals surface area contributed by atoms with E-state index in [9.17, 15) is 10.1 Å². The Morgan fingerprint density at radius 1 is 1.56 bits per heavy atom. The lowest BCUT2D eigenvalue weighted by atomic mass is 10.3. The van der Waals surface area contributed by atoms with E-state index in [-0.39, 0.29) is 5.88 Å². The standard InChI is InChI=1S/C10H17N3O3/c1-8(12(2)3)6-11-7-9-4-5-10(16-9)13(14)15/h4-5,8,11H,6-7H2,1-3H3. The van der Waals surface area contributed by atoms with Gasteiger partial charge in [0.15, 0.2) is 0 Å². The van der Waals surface area contributed by atoms with Crippen molar-refractivity contribution in [3.63, 3.8) is 0 Å². The molecule has 6 heteroatoms. The molecule has 1 atom stereocenters. The first-order valence-corrected chi connectivity index (χ1v) is 5.11. The van der Waals surface area contributed by atoms with Gasteiger partial charge in [0.05, 0.1) is 12.6 Å². The molecule has 0 spiro atoms. The van der Waals surface area contributed by atoms with E-state index in [0.717, 1.165) is 6.54 Å². The van der Waals surface area contributed by atoms with Crippen molar-refractivity contribution < 1.29 is 9.34 Å². The molecular formula is C10H17N3O3. The molecule has 0 fully saturated rings. The summed E-state index contributed by atoms with van der Waals surface area (Å²) in [6.07, 6.45) is 0. The maximum Gasteiger partial charge on any atom is 0.433 e. The molecule has 0 aliphatic heterocycles. The van der Waals surface area contributed by atoms with Crippen LogP contribution in [0.4, 0.5) is 5.88 Å². The molecule has 1 unspecified atom stereocenters. The lowest BCUT2D eigenvalue weighted by Crippen LogP contribution is -2.35. The van der Waals surface area contributed by atoms with Gasteiger partial charge in [0.25, 0.3) is 0 Å². The number of nitrogens with zero attached hydrogens (tertiary/aromatic N) is 2. The molecule has 1 aromatic rings. The molecule has 1 heterocycles. The van der Waals surface area contributed by atoms with Gasteiger partial charge >= 0.3 is 5.88 Å². The smallest absolute Gasteiger partial charge is 0.404 e. The number of hydrogen-bond donors (Lipinski definition) is 1. The van der Waals surface area contributed by atoms with Crippen LogP contribution in [-0.2, 0) is 6.54 Å². The summed E-state index contributed by atoms with van der Waals surface area (Å²) in [5, 5.41) is 13.5. The first-order valence-electron chi connectivity index (χ1n) is 5.11. The van der Waals surface area contributed by atoms with E-state index >= 15 is 0 Å². The number of nitrogens with one attached hydrogen (secondary N) is 1. The summed E-state index contributed by atoms with van der Waals surface area (Å²) in [4.78, 5) is 11.9. The molecule has 1 aromatic heterocycles. The molecule has 0 aliphatic rings. The minimum Gasteiger partial charge on any atom is -0.404 e. The third-order valence-electron chi connectivity index (χ3n) is 2.45. The largest absolute Gasteiger partial charge is 0.433 e. The Morgan fingerprint density at radius 2 is 2.25 bits per heavy atom. The van der Waals surface area contributed by atoms with Gasteiger partial charge in [-0.15, -0.1) is 0 Å². The molecule has 1 N–H and O–H groups in total. The van der Waals surface area contributed by atoms with Crippen LogP contribution in [0.15, 0.2) is 16.5 Å². The highest BCUT2D eigenvalue weighted by Gasteiger charge is 2.11. The molecule has 90 valence electrons. The predicted octanol–water partition coefficient (Wildman–Crippen LogP) is 1.23. The van der Waals surface area contributed by atoms with Crippen LogP contribution in [0.3, 0.4) is 0 Å². The minimum absolute atomic E-state index is 0.211. The van der Waals surface area contributed by atoms with Crippen molar-refractivity contribution in [1.82, 2.24) is 10.2 Å². The van der Waals surface area contributed by atoms with Crippen LogP contribution in [-0.4, -0.2) is 36.5 Å². The first kappa shape index (κ1) is 12.7. The molecule has 0 aliphatic carbocycles.